The summed E-state index contributed by atoms with van der Waals surface area (Å²) in [5.41, 5.74) is 1.45. The van der Waals surface area contributed by atoms with Crippen molar-refractivity contribution in [2.24, 2.45) is 10.8 Å². The molecule has 198 valence electrons. The first-order valence-electron chi connectivity index (χ1n) is 14.1. The van der Waals surface area contributed by atoms with Crippen LogP contribution in [0.5, 0.6) is 0 Å². The maximum Gasteiger partial charge on any atom is 0.306 e. The van der Waals surface area contributed by atoms with Gasteiger partial charge in [-0.2, -0.15) is 0 Å². The van der Waals surface area contributed by atoms with Crippen molar-refractivity contribution in [3.05, 3.63) is 36.5 Å². The summed E-state index contributed by atoms with van der Waals surface area (Å²) < 4.78 is 5.92. The van der Waals surface area contributed by atoms with E-state index in [-0.39, 0.29) is 22.9 Å². The predicted octanol–water partition coefficient (Wildman–Crippen LogP) is 10.5. The van der Waals surface area contributed by atoms with Crippen LogP contribution in [0.4, 0.5) is 0 Å². The minimum absolute atomic E-state index is 0.0559. The van der Waals surface area contributed by atoms with Crippen LogP contribution in [0.1, 0.15) is 145 Å². The average molecular weight is 475 g/mol. The minimum atomic E-state index is -0.149. The Kier molecular flexibility index (Phi) is 18.2. The molecule has 0 amide bonds. The average Bonchev–Trinajstić information content (AvgIpc) is 2.72. The van der Waals surface area contributed by atoms with Crippen LogP contribution in [-0.4, -0.2) is 12.1 Å². The first-order valence-corrected chi connectivity index (χ1v) is 14.1. The van der Waals surface area contributed by atoms with Gasteiger partial charge in [0.25, 0.3) is 0 Å². The van der Waals surface area contributed by atoms with Gasteiger partial charge in [0.1, 0.15) is 6.10 Å². The summed E-state index contributed by atoms with van der Waals surface area (Å²) >= 11 is 0. The monoisotopic (exact) mass is 474 g/mol. The highest BCUT2D eigenvalue weighted by Crippen LogP contribution is 2.30. The van der Waals surface area contributed by atoms with Gasteiger partial charge in [0.2, 0.25) is 0 Å². The highest BCUT2D eigenvalue weighted by Gasteiger charge is 2.24. The van der Waals surface area contributed by atoms with Crippen molar-refractivity contribution in [1.82, 2.24) is 0 Å². The molecule has 0 saturated heterocycles. The van der Waals surface area contributed by atoms with Crippen LogP contribution in [0.2, 0.25) is 0 Å². The zero-order chi connectivity index (χ0) is 25.9. The number of unbranched alkanes of at least 4 members (excludes halogenated alkanes) is 8. The predicted molar refractivity (Wildman–Crippen MR) is 151 cm³/mol. The minimum Gasteiger partial charge on any atom is -0.458 e. The van der Waals surface area contributed by atoms with E-state index in [1.165, 1.54) is 44.9 Å². The molecular weight excluding hydrogens is 416 g/mol. The number of carbonyl (C=O) groups excluding carboxylic acids is 1. The highest BCUT2D eigenvalue weighted by atomic mass is 16.5. The lowest BCUT2D eigenvalue weighted by molar-refractivity contribution is -0.148. The van der Waals surface area contributed by atoms with Crippen molar-refractivity contribution < 1.29 is 9.53 Å². The Balaban J connectivity index is 4.03. The molecule has 0 spiro atoms. The summed E-state index contributed by atoms with van der Waals surface area (Å²) in [4.78, 5) is 12.5. The van der Waals surface area contributed by atoms with Gasteiger partial charge in [-0.3, -0.25) is 4.79 Å². The summed E-state index contributed by atoms with van der Waals surface area (Å²) in [6, 6.07) is 0. The molecule has 0 heterocycles. The van der Waals surface area contributed by atoms with Gasteiger partial charge in [-0.1, -0.05) is 111 Å². The lowest BCUT2D eigenvalue weighted by atomic mass is 9.83. The number of esters is 1. The second-order valence-electron chi connectivity index (χ2n) is 12.5. The van der Waals surface area contributed by atoms with E-state index in [1.54, 1.807) is 0 Å². The Morgan fingerprint density at radius 1 is 0.794 bits per heavy atom. The quantitative estimate of drug-likeness (QED) is 0.106. The normalized spacial score (nSPS) is 13.6. The maximum absolute atomic E-state index is 12.5. The molecule has 0 aromatic rings. The first kappa shape index (κ1) is 32.7. The van der Waals surface area contributed by atoms with Gasteiger partial charge in [-0.25, -0.2) is 0 Å². The van der Waals surface area contributed by atoms with Crippen molar-refractivity contribution in [2.75, 3.05) is 0 Å². The fraction of sp³-hybridized carbons (Fsp3) is 0.781. The van der Waals surface area contributed by atoms with Gasteiger partial charge in [-0.15, -0.1) is 0 Å². The molecule has 0 rings (SSSR count). The molecule has 0 fully saturated rings. The zero-order valence-corrected chi connectivity index (χ0v) is 24.0. The number of ether oxygens (including phenoxy) is 1. The van der Waals surface area contributed by atoms with E-state index in [0.29, 0.717) is 6.42 Å². The highest BCUT2D eigenvalue weighted by molar-refractivity contribution is 5.69. The Hall–Kier alpha value is -1.31. The summed E-state index contributed by atoms with van der Waals surface area (Å²) in [5, 5.41) is 0. The Morgan fingerprint density at radius 2 is 1.35 bits per heavy atom. The summed E-state index contributed by atoms with van der Waals surface area (Å²) in [6.45, 7) is 19.9. The molecule has 1 atom stereocenters. The lowest BCUT2D eigenvalue weighted by Crippen LogP contribution is -2.24. The van der Waals surface area contributed by atoms with Crippen molar-refractivity contribution in [2.45, 2.75) is 151 Å². The van der Waals surface area contributed by atoms with E-state index in [2.05, 4.69) is 79.3 Å². The maximum atomic E-state index is 12.5. The molecular formula is C32H58O2. The number of hydrogen-bond donors (Lipinski definition) is 0. The van der Waals surface area contributed by atoms with Gasteiger partial charge in [-0.05, 0) is 74.2 Å². The second kappa shape index (κ2) is 18.9. The van der Waals surface area contributed by atoms with Crippen LogP contribution in [0.15, 0.2) is 36.5 Å². The van der Waals surface area contributed by atoms with Gasteiger partial charge in [0.05, 0.1) is 0 Å². The molecule has 0 N–H and O–H groups in total. The van der Waals surface area contributed by atoms with Crippen molar-refractivity contribution in [1.29, 1.82) is 0 Å². The molecule has 0 aromatic carbocycles. The summed E-state index contributed by atoms with van der Waals surface area (Å²) in [6.07, 6.45) is 25.5. The molecule has 2 heteroatoms. The number of hydrogen-bond acceptors (Lipinski definition) is 2. The van der Waals surface area contributed by atoms with Gasteiger partial charge >= 0.3 is 5.97 Å². The third kappa shape index (κ3) is 22.5. The third-order valence-corrected chi connectivity index (χ3v) is 5.97. The largest absolute Gasteiger partial charge is 0.458 e. The molecule has 34 heavy (non-hydrogen) atoms. The smallest absolute Gasteiger partial charge is 0.306 e. The van der Waals surface area contributed by atoms with Crippen molar-refractivity contribution >= 4 is 5.97 Å². The Labute approximate surface area is 213 Å². The molecule has 0 aliphatic rings. The van der Waals surface area contributed by atoms with E-state index in [1.807, 2.05) is 0 Å². The molecule has 0 aliphatic carbocycles. The van der Waals surface area contributed by atoms with Gasteiger partial charge in [0.15, 0.2) is 0 Å². The standard InChI is InChI=1S/C32H58O2/c1-9-10-11-12-13-14-15-16-17-18-19-20-21-22-23-24-30(33)34-29(25-26-31(3,4)5)28(2)27-32(6,7)8/h13-14,16-17,29H,2,9-12,15,18-27H2,1,3-8H3/b14-13-,17-16-. The van der Waals surface area contributed by atoms with E-state index in [0.717, 1.165) is 50.5 Å². The van der Waals surface area contributed by atoms with Crippen LogP contribution in [-0.2, 0) is 9.53 Å². The van der Waals surface area contributed by atoms with E-state index in [9.17, 15) is 4.79 Å². The molecule has 2 nitrogen and oxygen atoms in total. The molecule has 0 aromatic heterocycles. The first-order chi connectivity index (χ1) is 15.9. The SMILES string of the molecule is C=C(CC(C)(C)C)C(CCC(C)(C)C)OC(=O)CCCCCCC/C=C\C/C=C\CCCCC. The number of carbonyl (C=O) groups is 1. The number of allylic oxidation sites excluding steroid dienone is 4. The van der Waals surface area contributed by atoms with Crippen LogP contribution in [0.3, 0.4) is 0 Å². The van der Waals surface area contributed by atoms with Crippen molar-refractivity contribution in [3.63, 3.8) is 0 Å². The van der Waals surface area contributed by atoms with E-state index < -0.39 is 0 Å². The van der Waals surface area contributed by atoms with Crippen LogP contribution in [0.25, 0.3) is 0 Å². The summed E-state index contributed by atoms with van der Waals surface area (Å²) in [5.74, 6) is -0.0559. The van der Waals surface area contributed by atoms with Crippen molar-refractivity contribution in [3.8, 4) is 0 Å². The van der Waals surface area contributed by atoms with Gasteiger partial charge in [0, 0.05) is 6.42 Å². The Morgan fingerprint density at radius 3 is 1.91 bits per heavy atom. The molecule has 0 bridgehead atoms. The van der Waals surface area contributed by atoms with Gasteiger partial charge < -0.3 is 4.74 Å². The van der Waals surface area contributed by atoms with Crippen LogP contribution < -0.4 is 0 Å². The zero-order valence-electron chi connectivity index (χ0n) is 24.0. The third-order valence-electron chi connectivity index (χ3n) is 5.97. The lowest BCUT2D eigenvalue weighted by Gasteiger charge is -2.28. The second-order valence-corrected chi connectivity index (χ2v) is 12.5. The topological polar surface area (TPSA) is 26.3 Å². The molecule has 0 aliphatic heterocycles. The Bertz CT molecular complexity index is 583. The van der Waals surface area contributed by atoms with E-state index in [4.69, 9.17) is 4.74 Å². The molecule has 0 radical (unpaired) electrons. The summed E-state index contributed by atoms with van der Waals surface area (Å²) in [7, 11) is 0. The van der Waals surface area contributed by atoms with Crippen LogP contribution in [0, 0.1) is 10.8 Å². The molecule has 0 saturated carbocycles. The van der Waals surface area contributed by atoms with E-state index >= 15 is 0 Å². The van der Waals surface area contributed by atoms with Crippen LogP contribution >= 0.6 is 0 Å². The fourth-order valence-electron chi connectivity index (χ4n) is 4.00. The fourth-order valence-corrected chi connectivity index (χ4v) is 4.00. The molecule has 1 unspecified atom stereocenters. The number of rotatable bonds is 19.